The van der Waals surface area contributed by atoms with E-state index < -0.39 is 4.92 Å². The van der Waals surface area contributed by atoms with Crippen LogP contribution in [-0.4, -0.2) is 51.9 Å². The highest BCUT2D eigenvalue weighted by Gasteiger charge is 2.25. The van der Waals surface area contributed by atoms with E-state index in [2.05, 4.69) is 9.88 Å². The predicted molar refractivity (Wildman–Crippen MR) is 120 cm³/mol. The second-order valence-electron chi connectivity index (χ2n) is 7.52. The fraction of sp³-hybridized carbons (Fsp3) is 0.318. The lowest BCUT2D eigenvalue weighted by atomic mass is 10.0. The van der Waals surface area contributed by atoms with Gasteiger partial charge in [-0.3, -0.25) is 14.9 Å². The molecule has 160 valence electrons. The molecule has 0 bridgehead atoms. The fourth-order valence-electron chi connectivity index (χ4n) is 3.80. The van der Waals surface area contributed by atoms with Crippen LogP contribution in [-0.2, 0) is 6.42 Å². The summed E-state index contributed by atoms with van der Waals surface area (Å²) in [5.41, 5.74) is 2.96. The van der Waals surface area contributed by atoms with Crippen LogP contribution in [0.2, 0.25) is 0 Å². The van der Waals surface area contributed by atoms with E-state index in [4.69, 9.17) is 4.98 Å². The summed E-state index contributed by atoms with van der Waals surface area (Å²) in [5, 5.41) is 12.8. The summed E-state index contributed by atoms with van der Waals surface area (Å²) < 4.78 is 0. The zero-order chi connectivity index (χ0) is 22.0. The minimum Gasteiger partial charge on any atom is -0.353 e. The van der Waals surface area contributed by atoms with Gasteiger partial charge in [-0.2, -0.15) is 0 Å². The number of anilines is 1. The number of benzene rings is 1. The molecule has 1 aliphatic heterocycles. The van der Waals surface area contributed by atoms with E-state index in [0.717, 1.165) is 27.5 Å². The number of aryl methyl sites for hydroxylation is 2. The Bertz CT molecular complexity index is 1090. The molecule has 1 fully saturated rings. The molecule has 2 aromatic heterocycles. The van der Waals surface area contributed by atoms with Gasteiger partial charge in [0, 0.05) is 56.0 Å². The average Bonchev–Trinajstić information content (AvgIpc) is 3.30. The Labute approximate surface area is 184 Å². The number of thiophene rings is 1. The van der Waals surface area contributed by atoms with Gasteiger partial charge in [0.15, 0.2) is 0 Å². The number of amides is 1. The van der Waals surface area contributed by atoms with Crippen LogP contribution >= 0.6 is 11.3 Å². The third-order valence-corrected chi connectivity index (χ3v) is 6.29. The van der Waals surface area contributed by atoms with E-state index in [1.54, 1.807) is 12.1 Å². The van der Waals surface area contributed by atoms with Gasteiger partial charge in [-0.25, -0.2) is 9.97 Å². The quantitative estimate of drug-likeness (QED) is 0.447. The highest BCUT2D eigenvalue weighted by molar-refractivity contribution is 7.12. The van der Waals surface area contributed by atoms with Gasteiger partial charge in [-0.1, -0.05) is 18.2 Å². The first-order valence-electron chi connectivity index (χ1n) is 10.1. The maximum Gasteiger partial charge on any atom is 0.269 e. The molecule has 9 heteroatoms. The Morgan fingerprint density at radius 1 is 1.10 bits per heavy atom. The molecular weight excluding hydrogens is 414 g/mol. The van der Waals surface area contributed by atoms with Gasteiger partial charge in [0.05, 0.1) is 9.80 Å². The normalized spacial score (nSPS) is 14.0. The molecular formula is C22H23N5O3S. The molecule has 3 aromatic rings. The summed E-state index contributed by atoms with van der Waals surface area (Å²) >= 11 is 1.46. The zero-order valence-corrected chi connectivity index (χ0v) is 18.3. The number of piperazine rings is 1. The van der Waals surface area contributed by atoms with Gasteiger partial charge in [0.2, 0.25) is 0 Å². The summed E-state index contributed by atoms with van der Waals surface area (Å²) in [5.74, 6) is 1.67. The Balaban J connectivity index is 1.53. The van der Waals surface area contributed by atoms with Gasteiger partial charge in [-0.05, 0) is 30.9 Å². The van der Waals surface area contributed by atoms with Crippen molar-refractivity contribution >= 4 is 28.7 Å². The van der Waals surface area contributed by atoms with Gasteiger partial charge in [0.25, 0.3) is 11.6 Å². The van der Waals surface area contributed by atoms with E-state index in [-0.39, 0.29) is 11.6 Å². The van der Waals surface area contributed by atoms with Crippen LogP contribution < -0.4 is 4.90 Å². The molecule has 0 atom stereocenters. The molecule has 1 saturated heterocycles. The number of carbonyl (C=O) groups is 1. The topological polar surface area (TPSA) is 92.5 Å². The summed E-state index contributed by atoms with van der Waals surface area (Å²) in [6.45, 7) is 6.50. The zero-order valence-electron chi connectivity index (χ0n) is 17.4. The Morgan fingerprint density at radius 2 is 1.81 bits per heavy atom. The van der Waals surface area contributed by atoms with Crippen molar-refractivity contribution in [3.63, 3.8) is 0 Å². The van der Waals surface area contributed by atoms with E-state index in [1.165, 1.54) is 23.5 Å². The summed E-state index contributed by atoms with van der Waals surface area (Å²) in [6, 6.07) is 10.4. The number of carbonyl (C=O) groups excluding carboxylic acids is 1. The standard InChI is InChI=1S/C22H23N5O3S/c1-15-19(14-17-5-7-18(8-6-17)27(29)30)21(24-16(2)23-15)25-9-11-26(12-10-25)22(28)20-4-3-13-31-20/h3-8,13H,9-12,14H2,1-2H3. The van der Waals surface area contributed by atoms with Crippen LogP contribution in [0.3, 0.4) is 0 Å². The van der Waals surface area contributed by atoms with Crippen LogP contribution in [0.1, 0.15) is 32.3 Å². The van der Waals surface area contributed by atoms with Gasteiger partial charge in [0.1, 0.15) is 11.6 Å². The molecule has 31 heavy (non-hydrogen) atoms. The van der Waals surface area contributed by atoms with E-state index >= 15 is 0 Å². The molecule has 0 unspecified atom stereocenters. The van der Waals surface area contributed by atoms with Crippen LogP contribution in [0.25, 0.3) is 0 Å². The third kappa shape index (κ3) is 4.56. The number of nitrogens with zero attached hydrogens (tertiary/aromatic N) is 5. The average molecular weight is 438 g/mol. The number of non-ortho nitro benzene ring substituents is 1. The second kappa shape index (κ2) is 8.81. The van der Waals surface area contributed by atoms with Crippen LogP contribution in [0.15, 0.2) is 41.8 Å². The number of nitro benzene ring substituents is 1. The van der Waals surface area contributed by atoms with Gasteiger partial charge in [-0.15, -0.1) is 11.3 Å². The lowest BCUT2D eigenvalue weighted by Crippen LogP contribution is -2.49. The van der Waals surface area contributed by atoms with Gasteiger partial charge < -0.3 is 9.80 Å². The van der Waals surface area contributed by atoms with Crippen molar-refractivity contribution < 1.29 is 9.72 Å². The molecule has 0 radical (unpaired) electrons. The molecule has 8 nitrogen and oxygen atoms in total. The van der Waals surface area contributed by atoms with Crippen molar-refractivity contribution in [1.29, 1.82) is 0 Å². The molecule has 3 heterocycles. The number of nitro groups is 1. The maximum absolute atomic E-state index is 12.6. The lowest BCUT2D eigenvalue weighted by Gasteiger charge is -2.36. The summed E-state index contributed by atoms with van der Waals surface area (Å²) in [6.07, 6.45) is 0.591. The Morgan fingerprint density at radius 3 is 2.42 bits per heavy atom. The minimum absolute atomic E-state index is 0.0763. The first-order chi connectivity index (χ1) is 14.9. The number of hydrogen-bond acceptors (Lipinski definition) is 7. The number of rotatable bonds is 5. The highest BCUT2D eigenvalue weighted by atomic mass is 32.1. The molecule has 0 aliphatic carbocycles. The Hall–Kier alpha value is -3.33. The van der Waals surface area contributed by atoms with Crippen LogP contribution in [0.4, 0.5) is 11.5 Å². The smallest absolute Gasteiger partial charge is 0.269 e. The third-order valence-electron chi connectivity index (χ3n) is 5.43. The fourth-order valence-corrected chi connectivity index (χ4v) is 4.49. The molecule has 0 N–H and O–H groups in total. The van der Waals surface area contributed by atoms with E-state index in [1.807, 2.05) is 36.3 Å². The van der Waals surface area contributed by atoms with Crippen molar-refractivity contribution in [2.45, 2.75) is 20.3 Å². The monoisotopic (exact) mass is 437 g/mol. The molecule has 1 amide bonds. The van der Waals surface area contributed by atoms with Crippen molar-refractivity contribution in [2.75, 3.05) is 31.1 Å². The number of hydrogen-bond donors (Lipinski definition) is 0. The largest absolute Gasteiger partial charge is 0.353 e. The SMILES string of the molecule is Cc1nc(C)c(Cc2ccc([N+](=O)[O-])cc2)c(N2CCN(C(=O)c3cccs3)CC2)n1. The van der Waals surface area contributed by atoms with Crippen LogP contribution in [0, 0.1) is 24.0 Å². The van der Waals surface area contributed by atoms with E-state index in [9.17, 15) is 14.9 Å². The second-order valence-corrected chi connectivity index (χ2v) is 8.46. The lowest BCUT2D eigenvalue weighted by molar-refractivity contribution is -0.384. The summed E-state index contributed by atoms with van der Waals surface area (Å²) in [7, 11) is 0. The van der Waals surface area contributed by atoms with Crippen molar-refractivity contribution in [1.82, 2.24) is 14.9 Å². The first-order valence-corrected chi connectivity index (χ1v) is 11.0. The van der Waals surface area contributed by atoms with Crippen LogP contribution in [0.5, 0.6) is 0 Å². The molecule has 1 aliphatic rings. The van der Waals surface area contributed by atoms with Crippen molar-refractivity contribution in [3.05, 3.63) is 79.4 Å². The number of aromatic nitrogens is 2. The molecule has 4 rings (SSSR count). The van der Waals surface area contributed by atoms with Gasteiger partial charge >= 0.3 is 0 Å². The highest BCUT2D eigenvalue weighted by Crippen LogP contribution is 2.26. The molecule has 0 saturated carbocycles. The minimum atomic E-state index is -0.396. The Kier molecular flexibility index (Phi) is 5.94. The van der Waals surface area contributed by atoms with Crippen molar-refractivity contribution in [3.8, 4) is 0 Å². The van der Waals surface area contributed by atoms with E-state index in [0.29, 0.717) is 38.4 Å². The summed E-state index contributed by atoms with van der Waals surface area (Å²) in [4.78, 5) is 37.3. The predicted octanol–water partition coefficient (Wildman–Crippen LogP) is 3.62. The first kappa shape index (κ1) is 20.9. The molecule has 1 aromatic carbocycles. The van der Waals surface area contributed by atoms with Crippen molar-refractivity contribution in [2.24, 2.45) is 0 Å². The molecule has 0 spiro atoms. The maximum atomic E-state index is 12.6.